The monoisotopic (exact) mass is 279 g/mol. The number of hydrogen-bond donors (Lipinski definition) is 2. The summed E-state index contributed by atoms with van der Waals surface area (Å²) in [7, 11) is 2.16. The fraction of sp³-hybridized carbons (Fsp3) is 0.786. The van der Waals surface area contributed by atoms with Crippen LogP contribution in [0.15, 0.2) is 0 Å². The van der Waals surface area contributed by atoms with E-state index in [0.29, 0.717) is 25.3 Å². The average Bonchev–Trinajstić information content (AvgIpc) is 2.82. The first-order valence-electron chi connectivity index (χ1n) is 7.46. The fourth-order valence-corrected chi connectivity index (χ4v) is 2.75. The van der Waals surface area contributed by atoms with Crippen LogP contribution in [0.4, 0.5) is 0 Å². The van der Waals surface area contributed by atoms with Crippen molar-refractivity contribution >= 4 is 5.91 Å². The molecule has 0 spiro atoms. The van der Waals surface area contributed by atoms with Gasteiger partial charge in [-0.15, -0.1) is 0 Å². The van der Waals surface area contributed by atoms with E-state index in [0.717, 1.165) is 24.6 Å². The molecule has 2 N–H and O–H groups in total. The zero-order valence-corrected chi connectivity index (χ0v) is 12.5. The lowest BCUT2D eigenvalue weighted by Crippen LogP contribution is -2.33. The second kappa shape index (κ2) is 7.38. The van der Waals surface area contributed by atoms with Crippen LogP contribution in [0.2, 0.25) is 0 Å². The van der Waals surface area contributed by atoms with Gasteiger partial charge in [-0.2, -0.15) is 5.10 Å². The van der Waals surface area contributed by atoms with Gasteiger partial charge in [-0.1, -0.05) is 0 Å². The molecule has 1 aromatic heterocycles. The van der Waals surface area contributed by atoms with Crippen molar-refractivity contribution < 1.29 is 4.79 Å². The number of aromatic amines is 1. The molecule has 2 rings (SSSR count). The van der Waals surface area contributed by atoms with Gasteiger partial charge in [-0.05, 0) is 45.7 Å². The molecule has 6 heteroatoms. The van der Waals surface area contributed by atoms with E-state index in [2.05, 4.69) is 32.4 Å². The highest BCUT2D eigenvalue weighted by atomic mass is 16.1. The minimum atomic E-state index is 0.144. The van der Waals surface area contributed by atoms with Crippen LogP contribution in [-0.4, -0.2) is 52.7 Å². The van der Waals surface area contributed by atoms with Crippen LogP contribution in [0.25, 0.3) is 0 Å². The lowest BCUT2D eigenvalue weighted by atomic mass is 9.93. The molecule has 1 aliphatic rings. The van der Waals surface area contributed by atoms with Crippen molar-refractivity contribution in [2.45, 2.75) is 39.0 Å². The number of nitrogens with one attached hydrogen (secondary N) is 2. The van der Waals surface area contributed by atoms with Crippen molar-refractivity contribution in [3.05, 3.63) is 11.6 Å². The molecule has 0 radical (unpaired) electrons. The maximum Gasteiger partial charge on any atom is 0.220 e. The van der Waals surface area contributed by atoms with Crippen LogP contribution in [-0.2, 0) is 11.2 Å². The molecule has 0 saturated carbocycles. The third-order valence-corrected chi connectivity index (χ3v) is 3.82. The molecular formula is C14H25N5O. The quantitative estimate of drug-likeness (QED) is 0.811. The maximum atomic E-state index is 11.8. The molecule has 1 fully saturated rings. The first-order chi connectivity index (χ1) is 9.63. The number of nitrogens with zero attached hydrogens (tertiary/aromatic N) is 3. The number of carbonyl (C=O) groups is 1. The van der Waals surface area contributed by atoms with Crippen molar-refractivity contribution in [3.8, 4) is 0 Å². The average molecular weight is 279 g/mol. The highest BCUT2D eigenvalue weighted by Gasteiger charge is 2.17. The van der Waals surface area contributed by atoms with Gasteiger partial charge in [0.05, 0.1) is 0 Å². The molecule has 0 aliphatic carbocycles. The zero-order valence-electron chi connectivity index (χ0n) is 12.5. The molecule has 1 atom stereocenters. The second-order valence-electron chi connectivity index (χ2n) is 5.75. The third-order valence-electron chi connectivity index (χ3n) is 3.82. The predicted octanol–water partition coefficient (Wildman–Crippen LogP) is 0.894. The lowest BCUT2D eigenvalue weighted by Gasteiger charge is -2.29. The van der Waals surface area contributed by atoms with Crippen molar-refractivity contribution in [3.63, 3.8) is 0 Å². The fourth-order valence-electron chi connectivity index (χ4n) is 2.75. The summed E-state index contributed by atoms with van der Waals surface area (Å²) in [4.78, 5) is 18.4. The van der Waals surface area contributed by atoms with Gasteiger partial charge >= 0.3 is 0 Å². The van der Waals surface area contributed by atoms with Gasteiger partial charge in [-0.25, -0.2) is 4.98 Å². The van der Waals surface area contributed by atoms with Gasteiger partial charge < -0.3 is 10.2 Å². The number of carbonyl (C=O) groups excluding carboxylic acids is 1. The Morgan fingerprint density at radius 2 is 2.40 bits per heavy atom. The molecule has 1 unspecified atom stereocenters. The van der Waals surface area contributed by atoms with Crippen LogP contribution in [0.5, 0.6) is 0 Å². The molecule has 2 heterocycles. The molecule has 1 aromatic rings. The molecule has 6 nitrogen and oxygen atoms in total. The largest absolute Gasteiger partial charge is 0.356 e. The summed E-state index contributed by atoms with van der Waals surface area (Å²) >= 11 is 0. The van der Waals surface area contributed by atoms with E-state index in [9.17, 15) is 4.79 Å². The Balaban J connectivity index is 1.58. The van der Waals surface area contributed by atoms with Crippen LogP contribution in [0, 0.1) is 12.8 Å². The van der Waals surface area contributed by atoms with Gasteiger partial charge in [0.15, 0.2) is 5.82 Å². The number of H-pyrrole nitrogens is 1. The predicted molar refractivity (Wildman–Crippen MR) is 77.3 cm³/mol. The Bertz CT molecular complexity index is 431. The minimum absolute atomic E-state index is 0.144. The van der Waals surface area contributed by atoms with Gasteiger partial charge in [-0.3, -0.25) is 9.89 Å². The lowest BCUT2D eigenvalue weighted by molar-refractivity contribution is -0.121. The Kier molecular flexibility index (Phi) is 5.52. The number of likely N-dealkylation sites (tertiary alicyclic amines) is 1. The highest BCUT2D eigenvalue weighted by Crippen LogP contribution is 2.19. The highest BCUT2D eigenvalue weighted by molar-refractivity contribution is 5.75. The number of amides is 1. The number of aromatic nitrogens is 3. The topological polar surface area (TPSA) is 73.9 Å². The van der Waals surface area contributed by atoms with Crippen LogP contribution >= 0.6 is 0 Å². The SMILES string of the molecule is Cc1nc(CCNC(=O)CCC2CCCN(C)C2)n[nH]1. The Morgan fingerprint density at radius 1 is 1.55 bits per heavy atom. The van der Waals surface area contributed by atoms with Gasteiger partial charge in [0.1, 0.15) is 5.82 Å². The standard InChI is InChI=1S/C14H25N5O/c1-11-16-13(18-17-11)7-8-15-14(20)6-5-12-4-3-9-19(2)10-12/h12H,3-10H2,1-2H3,(H,15,20)(H,16,17,18). The number of hydrogen-bond acceptors (Lipinski definition) is 4. The normalized spacial score (nSPS) is 20.0. The first-order valence-corrected chi connectivity index (χ1v) is 7.46. The number of piperidine rings is 1. The van der Waals surface area contributed by atoms with E-state index in [1.54, 1.807) is 0 Å². The van der Waals surface area contributed by atoms with Crippen molar-refractivity contribution in [1.82, 2.24) is 25.4 Å². The van der Waals surface area contributed by atoms with E-state index in [4.69, 9.17) is 0 Å². The molecule has 112 valence electrons. The van der Waals surface area contributed by atoms with E-state index in [-0.39, 0.29) is 5.91 Å². The molecule has 1 aliphatic heterocycles. The smallest absolute Gasteiger partial charge is 0.220 e. The van der Waals surface area contributed by atoms with E-state index in [1.807, 2.05) is 6.92 Å². The zero-order chi connectivity index (χ0) is 14.4. The van der Waals surface area contributed by atoms with Crippen LogP contribution in [0.3, 0.4) is 0 Å². The minimum Gasteiger partial charge on any atom is -0.356 e. The van der Waals surface area contributed by atoms with Crippen molar-refractivity contribution in [2.75, 3.05) is 26.7 Å². The summed E-state index contributed by atoms with van der Waals surface area (Å²) in [5, 5.41) is 9.79. The number of rotatable bonds is 6. The molecule has 1 saturated heterocycles. The summed E-state index contributed by atoms with van der Waals surface area (Å²) in [5.41, 5.74) is 0. The van der Waals surface area contributed by atoms with Gasteiger partial charge in [0.25, 0.3) is 0 Å². The molecule has 20 heavy (non-hydrogen) atoms. The van der Waals surface area contributed by atoms with E-state index >= 15 is 0 Å². The van der Waals surface area contributed by atoms with Gasteiger partial charge in [0.2, 0.25) is 5.91 Å². The molecular weight excluding hydrogens is 254 g/mol. The Hall–Kier alpha value is -1.43. The first kappa shape index (κ1) is 15.0. The maximum absolute atomic E-state index is 11.8. The Labute approximate surface area is 120 Å². The summed E-state index contributed by atoms with van der Waals surface area (Å²) in [6.07, 6.45) is 4.82. The van der Waals surface area contributed by atoms with Crippen LogP contribution < -0.4 is 5.32 Å². The van der Waals surface area contributed by atoms with Crippen molar-refractivity contribution in [2.24, 2.45) is 5.92 Å². The summed E-state index contributed by atoms with van der Waals surface area (Å²) in [6.45, 7) is 4.81. The summed E-state index contributed by atoms with van der Waals surface area (Å²) < 4.78 is 0. The molecule has 0 bridgehead atoms. The second-order valence-corrected chi connectivity index (χ2v) is 5.75. The van der Waals surface area contributed by atoms with Gasteiger partial charge in [0, 0.05) is 25.9 Å². The van der Waals surface area contributed by atoms with Crippen molar-refractivity contribution in [1.29, 1.82) is 0 Å². The number of aryl methyl sites for hydroxylation is 1. The van der Waals surface area contributed by atoms with E-state index in [1.165, 1.54) is 19.4 Å². The molecule has 1 amide bonds. The molecule has 0 aromatic carbocycles. The van der Waals surface area contributed by atoms with Crippen LogP contribution in [0.1, 0.15) is 37.3 Å². The van der Waals surface area contributed by atoms with E-state index < -0.39 is 0 Å². The Morgan fingerprint density at radius 3 is 3.10 bits per heavy atom. The third kappa shape index (κ3) is 4.92. The summed E-state index contributed by atoms with van der Waals surface area (Å²) in [5.74, 6) is 2.39. The summed E-state index contributed by atoms with van der Waals surface area (Å²) in [6, 6.07) is 0.